The summed E-state index contributed by atoms with van der Waals surface area (Å²) in [6.07, 6.45) is -0.778. The Balaban J connectivity index is 1.95. The normalized spacial score (nSPS) is 18.0. The molecule has 0 fully saturated rings. The van der Waals surface area contributed by atoms with Crippen LogP contribution in [0.15, 0.2) is 36.4 Å². The summed E-state index contributed by atoms with van der Waals surface area (Å²) in [4.78, 5) is 26.6. The van der Waals surface area contributed by atoms with E-state index in [1.165, 1.54) is 19.1 Å². The number of nitrogens with zero attached hydrogens (tertiary/aromatic N) is 1. The van der Waals surface area contributed by atoms with Gasteiger partial charge >= 0.3 is 5.97 Å². The van der Waals surface area contributed by atoms with Gasteiger partial charge in [0, 0.05) is 5.56 Å². The van der Waals surface area contributed by atoms with E-state index < -0.39 is 12.2 Å². The molecule has 23 heavy (non-hydrogen) atoms. The molecule has 2 aliphatic heterocycles. The van der Waals surface area contributed by atoms with E-state index in [0.29, 0.717) is 33.9 Å². The second-order valence-corrected chi connectivity index (χ2v) is 5.22. The summed E-state index contributed by atoms with van der Waals surface area (Å²) in [6.45, 7) is 0. The van der Waals surface area contributed by atoms with Crippen molar-refractivity contribution in [1.82, 2.24) is 0 Å². The van der Waals surface area contributed by atoms with Crippen LogP contribution in [0.4, 0.5) is 5.69 Å². The maximum absolute atomic E-state index is 12.9. The lowest BCUT2D eigenvalue weighted by Crippen LogP contribution is -2.36. The molecule has 0 unspecified atom stereocenters. The van der Waals surface area contributed by atoms with E-state index in [2.05, 4.69) is 0 Å². The van der Waals surface area contributed by atoms with Crippen LogP contribution in [0.25, 0.3) is 0 Å². The number of anilines is 1. The van der Waals surface area contributed by atoms with Crippen molar-refractivity contribution in [3.05, 3.63) is 53.1 Å². The molecule has 0 N–H and O–H groups in total. The van der Waals surface area contributed by atoms with Gasteiger partial charge in [0.2, 0.25) is 6.23 Å². The number of para-hydroxylation sites is 1. The number of fused-ring (bicyclic) bond motifs is 5. The molecule has 0 bridgehead atoms. The van der Waals surface area contributed by atoms with Crippen molar-refractivity contribution in [3.8, 4) is 11.5 Å². The first-order valence-corrected chi connectivity index (χ1v) is 7.05. The highest BCUT2D eigenvalue weighted by atomic mass is 16.6. The van der Waals surface area contributed by atoms with E-state index in [1.807, 2.05) is 0 Å². The van der Waals surface area contributed by atoms with Crippen LogP contribution in [0, 0.1) is 0 Å². The zero-order valence-electron chi connectivity index (χ0n) is 12.5. The summed E-state index contributed by atoms with van der Waals surface area (Å²) in [7, 11) is 2.98. The van der Waals surface area contributed by atoms with Gasteiger partial charge in [-0.1, -0.05) is 12.1 Å². The number of ether oxygens (including phenoxy) is 3. The molecular formula is C17H13NO5. The third-order valence-electron chi connectivity index (χ3n) is 4.11. The van der Waals surface area contributed by atoms with Crippen molar-refractivity contribution in [2.75, 3.05) is 19.1 Å². The van der Waals surface area contributed by atoms with Gasteiger partial charge in [0.25, 0.3) is 5.91 Å². The lowest BCUT2D eigenvalue weighted by Gasteiger charge is -2.31. The second-order valence-electron chi connectivity index (χ2n) is 5.22. The van der Waals surface area contributed by atoms with Gasteiger partial charge in [0.15, 0.2) is 11.5 Å². The highest BCUT2D eigenvalue weighted by Crippen LogP contribution is 2.48. The quantitative estimate of drug-likeness (QED) is 0.797. The Kier molecular flexibility index (Phi) is 2.81. The largest absolute Gasteiger partial charge is 0.493 e. The van der Waals surface area contributed by atoms with Crippen molar-refractivity contribution in [2.24, 2.45) is 0 Å². The SMILES string of the molecule is COc1ccc2c(c1OC)C(=O)N1c3ccccc3C(=O)O[C@H]21. The number of amides is 1. The number of hydrogen-bond donors (Lipinski definition) is 0. The van der Waals surface area contributed by atoms with Crippen LogP contribution < -0.4 is 14.4 Å². The summed E-state index contributed by atoms with van der Waals surface area (Å²) in [5.41, 5.74) is 1.86. The molecule has 116 valence electrons. The number of carbonyl (C=O) groups excluding carboxylic acids is 2. The Labute approximate surface area is 132 Å². The van der Waals surface area contributed by atoms with E-state index in [1.54, 1.807) is 36.4 Å². The zero-order valence-corrected chi connectivity index (χ0v) is 12.5. The van der Waals surface area contributed by atoms with Crippen LogP contribution in [0.2, 0.25) is 0 Å². The molecule has 1 amide bonds. The van der Waals surface area contributed by atoms with Gasteiger partial charge in [-0.15, -0.1) is 0 Å². The van der Waals surface area contributed by atoms with Gasteiger partial charge in [-0.3, -0.25) is 9.69 Å². The lowest BCUT2D eigenvalue weighted by molar-refractivity contribution is 0.0273. The number of rotatable bonds is 2. The predicted octanol–water partition coefficient (Wildman–Crippen LogP) is 2.53. The predicted molar refractivity (Wildman–Crippen MR) is 81.0 cm³/mol. The van der Waals surface area contributed by atoms with Gasteiger partial charge in [0.05, 0.1) is 31.0 Å². The molecule has 2 aliphatic rings. The maximum atomic E-state index is 12.9. The van der Waals surface area contributed by atoms with Gasteiger partial charge in [-0.05, 0) is 24.3 Å². The zero-order chi connectivity index (χ0) is 16.1. The molecule has 2 aromatic carbocycles. The van der Waals surface area contributed by atoms with Crippen molar-refractivity contribution in [3.63, 3.8) is 0 Å². The van der Waals surface area contributed by atoms with E-state index in [0.717, 1.165) is 0 Å². The average Bonchev–Trinajstić information content (AvgIpc) is 2.87. The fourth-order valence-corrected chi connectivity index (χ4v) is 3.11. The second kappa shape index (κ2) is 4.74. The minimum Gasteiger partial charge on any atom is -0.493 e. The van der Waals surface area contributed by atoms with Crippen LogP contribution >= 0.6 is 0 Å². The molecule has 0 spiro atoms. The highest BCUT2D eigenvalue weighted by molar-refractivity contribution is 6.16. The Morgan fingerprint density at radius 2 is 1.83 bits per heavy atom. The Morgan fingerprint density at radius 1 is 1.04 bits per heavy atom. The van der Waals surface area contributed by atoms with Crippen molar-refractivity contribution in [2.45, 2.75) is 6.23 Å². The molecule has 1 atom stereocenters. The number of methoxy groups -OCH3 is 2. The molecule has 0 saturated heterocycles. The number of carbonyl (C=O) groups is 2. The minimum atomic E-state index is -0.778. The van der Waals surface area contributed by atoms with E-state index in [4.69, 9.17) is 14.2 Å². The molecule has 4 rings (SSSR count). The van der Waals surface area contributed by atoms with Crippen LogP contribution in [0.1, 0.15) is 32.5 Å². The Bertz CT molecular complexity index is 845. The third kappa shape index (κ3) is 1.69. The van der Waals surface area contributed by atoms with Crippen LogP contribution in [-0.4, -0.2) is 26.1 Å². The van der Waals surface area contributed by atoms with Gasteiger partial charge < -0.3 is 14.2 Å². The smallest absolute Gasteiger partial charge is 0.342 e. The molecule has 2 heterocycles. The van der Waals surface area contributed by atoms with Gasteiger partial charge in [-0.25, -0.2) is 4.79 Å². The molecular weight excluding hydrogens is 298 g/mol. The monoisotopic (exact) mass is 311 g/mol. The molecule has 0 radical (unpaired) electrons. The van der Waals surface area contributed by atoms with E-state index >= 15 is 0 Å². The first-order valence-electron chi connectivity index (χ1n) is 7.05. The molecule has 6 nitrogen and oxygen atoms in total. The number of hydrogen-bond acceptors (Lipinski definition) is 5. The number of benzene rings is 2. The summed E-state index contributed by atoms with van der Waals surface area (Å²) in [6, 6.07) is 10.3. The highest BCUT2D eigenvalue weighted by Gasteiger charge is 2.47. The summed E-state index contributed by atoms with van der Waals surface area (Å²) in [5, 5.41) is 0. The van der Waals surface area contributed by atoms with Crippen LogP contribution in [-0.2, 0) is 4.74 Å². The Morgan fingerprint density at radius 3 is 2.57 bits per heavy atom. The van der Waals surface area contributed by atoms with Crippen molar-refractivity contribution < 1.29 is 23.8 Å². The maximum Gasteiger partial charge on any atom is 0.342 e. The molecule has 6 heteroatoms. The van der Waals surface area contributed by atoms with Crippen molar-refractivity contribution >= 4 is 17.6 Å². The summed E-state index contributed by atoms with van der Waals surface area (Å²) < 4.78 is 16.1. The summed E-state index contributed by atoms with van der Waals surface area (Å²) >= 11 is 0. The minimum absolute atomic E-state index is 0.277. The summed E-state index contributed by atoms with van der Waals surface area (Å²) in [5.74, 6) is 0.0787. The first-order chi connectivity index (χ1) is 11.2. The van der Waals surface area contributed by atoms with Crippen molar-refractivity contribution in [1.29, 1.82) is 0 Å². The van der Waals surface area contributed by atoms with E-state index in [-0.39, 0.29) is 5.91 Å². The average molecular weight is 311 g/mol. The molecule has 2 aromatic rings. The van der Waals surface area contributed by atoms with Crippen LogP contribution in [0.3, 0.4) is 0 Å². The van der Waals surface area contributed by atoms with E-state index in [9.17, 15) is 9.59 Å². The molecule has 0 aromatic heterocycles. The van der Waals surface area contributed by atoms with Gasteiger partial charge in [-0.2, -0.15) is 0 Å². The topological polar surface area (TPSA) is 65.1 Å². The Hall–Kier alpha value is -3.02. The first kappa shape index (κ1) is 13.6. The fraction of sp³-hybridized carbons (Fsp3) is 0.176. The molecule has 0 saturated carbocycles. The lowest BCUT2D eigenvalue weighted by atomic mass is 10.1. The van der Waals surface area contributed by atoms with Gasteiger partial charge in [0.1, 0.15) is 0 Å². The number of esters is 1. The third-order valence-corrected chi connectivity index (χ3v) is 4.11. The molecule has 0 aliphatic carbocycles. The van der Waals surface area contributed by atoms with Crippen LogP contribution in [0.5, 0.6) is 11.5 Å². The fourth-order valence-electron chi connectivity index (χ4n) is 3.11. The standard InChI is InChI=1S/C17H13NO5/c1-21-12-8-7-10-13(14(12)22-2)15(19)18-11-6-4-3-5-9(11)17(20)23-16(10)18/h3-8,16H,1-2H3/t16-/m1/s1.